The van der Waals surface area contributed by atoms with Gasteiger partial charge in [0.25, 0.3) is 0 Å². The van der Waals surface area contributed by atoms with Crippen molar-refractivity contribution in [2.75, 3.05) is 13.1 Å². The third-order valence-corrected chi connectivity index (χ3v) is 3.50. The fourth-order valence-corrected chi connectivity index (χ4v) is 2.45. The van der Waals surface area contributed by atoms with Crippen LogP contribution in [0.3, 0.4) is 0 Å². The number of piperidine rings is 1. The molecule has 16 heavy (non-hydrogen) atoms. The minimum Gasteiger partial charge on any atom is -0.342 e. The fourth-order valence-electron chi connectivity index (χ4n) is 2.45. The van der Waals surface area contributed by atoms with E-state index in [-0.39, 0.29) is 0 Å². The average Bonchev–Trinajstić information content (AvgIpc) is 2.28. The molecule has 2 nitrogen and oxygen atoms in total. The lowest BCUT2D eigenvalue weighted by Crippen LogP contribution is -2.38. The standard InChI is InChI=1S/C14H27NO/c1-3-4-5-6-7-10-14(16)15-11-8-9-13(2)12-15/h13H,3-12H2,1-2H3/t13-/m1/s1. The lowest BCUT2D eigenvalue weighted by atomic mass is 10.00. The predicted octanol–water partition coefficient (Wildman–Crippen LogP) is 3.61. The van der Waals surface area contributed by atoms with Gasteiger partial charge in [0, 0.05) is 19.5 Å². The van der Waals surface area contributed by atoms with Crippen molar-refractivity contribution in [2.24, 2.45) is 5.92 Å². The van der Waals surface area contributed by atoms with Gasteiger partial charge < -0.3 is 4.90 Å². The van der Waals surface area contributed by atoms with E-state index in [4.69, 9.17) is 0 Å². The van der Waals surface area contributed by atoms with Crippen LogP contribution in [-0.4, -0.2) is 23.9 Å². The number of likely N-dealkylation sites (tertiary alicyclic amines) is 1. The Morgan fingerprint density at radius 1 is 1.25 bits per heavy atom. The first kappa shape index (κ1) is 13.5. The molecule has 1 aliphatic heterocycles. The Morgan fingerprint density at radius 3 is 2.69 bits per heavy atom. The zero-order chi connectivity index (χ0) is 11.8. The van der Waals surface area contributed by atoms with Crippen molar-refractivity contribution >= 4 is 5.91 Å². The molecule has 1 fully saturated rings. The molecule has 1 saturated heterocycles. The van der Waals surface area contributed by atoms with Crippen LogP contribution in [0.25, 0.3) is 0 Å². The molecule has 0 saturated carbocycles. The third kappa shape index (κ3) is 5.00. The van der Waals surface area contributed by atoms with Gasteiger partial charge in [0.05, 0.1) is 0 Å². The number of carbonyl (C=O) groups is 1. The van der Waals surface area contributed by atoms with Crippen molar-refractivity contribution < 1.29 is 4.79 Å². The van der Waals surface area contributed by atoms with E-state index in [2.05, 4.69) is 18.7 Å². The topological polar surface area (TPSA) is 20.3 Å². The van der Waals surface area contributed by atoms with Gasteiger partial charge >= 0.3 is 0 Å². The quantitative estimate of drug-likeness (QED) is 0.632. The van der Waals surface area contributed by atoms with Gasteiger partial charge in [0.2, 0.25) is 5.91 Å². The zero-order valence-electron chi connectivity index (χ0n) is 11.0. The summed E-state index contributed by atoms with van der Waals surface area (Å²) in [6, 6.07) is 0. The maximum absolute atomic E-state index is 11.9. The number of carbonyl (C=O) groups excluding carboxylic acids is 1. The molecule has 1 aliphatic rings. The van der Waals surface area contributed by atoms with Gasteiger partial charge in [-0.05, 0) is 25.2 Å². The smallest absolute Gasteiger partial charge is 0.222 e. The largest absolute Gasteiger partial charge is 0.342 e. The molecule has 1 amide bonds. The molecule has 94 valence electrons. The summed E-state index contributed by atoms with van der Waals surface area (Å²) < 4.78 is 0. The molecule has 1 heterocycles. The molecule has 0 spiro atoms. The van der Waals surface area contributed by atoms with Gasteiger partial charge in [-0.2, -0.15) is 0 Å². The Labute approximate surface area is 100 Å². The fraction of sp³-hybridized carbons (Fsp3) is 0.929. The van der Waals surface area contributed by atoms with Crippen molar-refractivity contribution in [3.8, 4) is 0 Å². The van der Waals surface area contributed by atoms with Gasteiger partial charge in [0.15, 0.2) is 0 Å². The highest BCUT2D eigenvalue weighted by Crippen LogP contribution is 2.17. The second kappa shape index (κ2) is 7.70. The molecule has 0 unspecified atom stereocenters. The van der Waals surface area contributed by atoms with Crippen LogP contribution in [0.15, 0.2) is 0 Å². The molecular weight excluding hydrogens is 198 g/mol. The first-order chi connectivity index (χ1) is 7.74. The van der Waals surface area contributed by atoms with E-state index >= 15 is 0 Å². The Hall–Kier alpha value is -0.530. The molecule has 1 atom stereocenters. The highest BCUT2D eigenvalue weighted by molar-refractivity contribution is 5.76. The first-order valence-corrected chi connectivity index (χ1v) is 7.01. The number of nitrogens with zero attached hydrogens (tertiary/aromatic N) is 1. The molecule has 1 rings (SSSR count). The van der Waals surface area contributed by atoms with E-state index in [1.807, 2.05) is 0 Å². The number of amides is 1. The van der Waals surface area contributed by atoms with Crippen molar-refractivity contribution in [1.82, 2.24) is 4.90 Å². The van der Waals surface area contributed by atoms with E-state index in [0.717, 1.165) is 25.9 Å². The monoisotopic (exact) mass is 225 g/mol. The van der Waals surface area contributed by atoms with Crippen LogP contribution >= 0.6 is 0 Å². The maximum Gasteiger partial charge on any atom is 0.222 e. The number of hydrogen-bond acceptors (Lipinski definition) is 1. The van der Waals surface area contributed by atoms with Gasteiger partial charge in [-0.15, -0.1) is 0 Å². The van der Waals surface area contributed by atoms with Gasteiger partial charge in [-0.1, -0.05) is 39.5 Å². The van der Waals surface area contributed by atoms with Crippen molar-refractivity contribution in [3.63, 3.8) is 0 Å². The number of hydrogen-bond donors (Lipinski definition) is 0. The van der Waals surface area contributed by atoms with E-state index in [1.54, 1.807) is 0 Å². The van der Waals surface area contributed by atoms with Crippen LogP contribution in [0.1, 0.15) is 65.2 Å². The van der Waals surface area contributed by atoms with Crippen LogP contribution in [0.5, 0.6) is 0 Å². The number of rotatable bonds is 6. The van der Waals surface area contributed by atoms with Crippen molar-refractivity contribution in [1.29, 1.82) is 0 Å². The van der Waals surface area contributed by atoms with Crippen LogP contribution in [0.4, 0.5) is 0 Å². The highest BCUT2D eigenvalue weighted by Gasteiger charge is 2.19. The van der Waals surface area contributed by atoms with Crippen LogP contribution in [0, 0.1) is 5.92 Å². The summed E-state index contributed by atoms with van der Waals surface area (Å²) in [5, 5.41) is 0. The van der Waals surface area contributed by atoms with Gasteiger partial charge in [0.1, 0.15) is 0 Å². The Kier molecular flexibility index (Phi) is 6.51. The lowest BCUT2D eigenvalue weighted by molar-refractivity contribution is -0.133. The van der Waals surface area contributed by atoms with E-state index in [0.29, 0.717) is 11.8 Å². The average molecular weight is 225 g/mol. The summed E-state index contributed by atoms with van der Waals surface area (Å²) in [6.45, 7) is 6.47. The Bertz CT molecular complexity index is 203. The van der Waals surface area contributed by atoms with Crippen LogP contribution in [0.2, 0.25) is 0 Å². The minimum atomic E-state index is 0.392. The summed E-state index contributed by atoms with van der Waals surface area (Å²) in [7, 11) is 0. The third-order valence-electron chi connectivity index (χ3n) is 3.50. The molecule has 0 aromatic rings. The van der Waals surface area contributed by atoms with E-state index < -0.39 is 0 Å². The molecule has 0 aromatic carbocycles. The number of unbranched alkanes of at least 4 members (excludes halogenated alkanes) is 4. The summed E-state index contributed by atoms with van der Waals surface area (Å²) in [5.74, 6) is 1.10. The summed E-state index contributed by atoms with van der Waals surface area (Å²) in [5.41, 5.74) is 0. The Balaban J connectivity index is 2.09. The normalized spacial score (nSPS) is 21.1. The zero-order valence-corrected chi connectivity index (χ0v) is 11.0. The van der Waals surface area contributed by atoms with Gasteiger partial charge in [-0.25, -0.2) is 0 Å². The van der Waals surface area contributed by atoms with Crippen molar-refractivity contribution in [3.05, 3.63) is 0 Å². The van der Waals surface area contributed by atoms with E-state index in [9.17, 15) is 4.79 Å². The maximum atomic E-state index is 11.9. The first-order valence-electron chi connectivity index (χ1n) is 7.01. The van der Waals surface area contributed by atoms with Gasteiger partial charge in [-0.3, -0.25) is 4.79 Å². The second-order valence-electron chi connectivity index (χ2n) is 5.25. The lowest BCUT2D eigenvalue weighted by Gasteiger charge is -2.31. The minimum absolute atomic E-state index is 0.392. The molecule has 0 bridgehead atoms. The summed E-state index contributed by atoms with van der Waals surface area (Å²) in [6.07, 6.45) is 9.46. The van der Waals surface area contributed by atoms with Crippen LogP contribution in [-0.2, 0) is 4.79 Å². The SMILES string of the molecule is CCCCCCCC(=O)N1CCC[C@@H](C)C1. The highest BCUT2D eigenvalue weighted by atomic mass is 16.2. The Morgan fingerprint density at radius 2 is 2.00 bits per heavy atom. The summed E-state index contributed by atoms with van der Waals surface area (Å²) >= 11 is 0. The van der Waals surface area contributed by atoms with Crippen LogP contribution < -0.4 is 0 Å². The molecule has 0 aliphatic carbocycles. The van der Waals surface area contributed by atoms with E-state index in [1.165, 1.54) is 38.5 Å². The summed E-state index contributed by atoms with van der Waals surface area (Å²) in [4.78, 5) is 14.0. The molecule has 0 radical (unpaired) electrons. The second-order valence-corrected chi connectivity index (χ2v) is 5.25. The van der Waals surface area contributed by atoms with Crippen molar-refractivity contribution in [2.45, 2.75) is 65.2 Å². The molecule has 0 aromatic heterocycles. The predicted molar refractivity (Wildman–Crippen MR) is 68.4 cm³/mol. The molecule has 0 N–H and O–H groups in total. The molecular formula is C14H27NO. The molecule has 2 heteroatoms.